The molecule has 0 heterocycles. The number of benzene rings is 3. The van der Waals surface area contributed by atoms with Gasteiger partial charge in [-0.25, -0.2) is 0 Å². The van der Waals surface area contributed by atoms with Crippen molar-refractivity contribution in [3.63, 3.8) is 0 Å². The summed E-state index contributed by atoms with van der Waals surface area (Å²) in [4.78, 5) is 12.4. The van der Waals surface area contributed by atoms with Crippen LogP contribution in [0.15, 0.2) is 54.6 Å². The first kappa shape index (κ1) is 14.1. The van der Waals surface area contributed by atoms with Gasteiger partial charge in [-0.2, -0.15) is 0 Å². The number of amides is 1. The summed E-state index contributed by atoms with van der Waals surface area (Å²) < 4.78 is 0. The Balaban J connectivity index is 1.96. The van der Waals surface area contributed by atoms with Crippen molar-refractivity contribution >= 4 is 22.4 Å². The van der Waals surface area contributed by atoms with Gasteiger partial charge in [0.05, 0.1) is 5.56 Å². The minimum absolute atomic E-state index is 0.0134. The van der Waals surface area contributed by atoms with Crippen molar-refractivity contribution in [1.29, 1.82) is 0 Å². The molecule has 3 aromatic carbocycles. The molecule has 0 saturated heterocycles. The number of aromatic hydroxyl groups is 1. The molecule has 2 N–H and O–H groups in total. The average molecular weight is 291 g/mol. The standard InChI is InChI=1S/C19H17NO2/c1-12-7-13(2)9-16(8-12)20-19(22)17-10-14-5-3-4-6-15(14)11-18(17)21/h3-11,21H,1-2H3,(H,20,22). The molecule has 0 bridgehead atoms. The lowest BCUT2D eigenvalue weighted by Gasteiger charge is -2.10. The number of nitrogens with one attached hydrogen (secondary N) is 1. The molecule has 1 amide bonds. The van der Waals surface area contributed by atoms with Crippen LogP contribution < -0.4 is 5.32 Å². The number of carbonyl (C=O) groups excluding carboxylic acids is 1. The zero-order chi connectivity index (χ0) is 15.7. The summed E-state index contributed by atoms with van der Waals surface area (Å²) in [6, 6.07) is 16.8. The summed E-state index contributed by atoms with van der Waals surface area (Å²) in [5.41, 5.74) is 3.17. The van der Waals surface area contributed by atoms with E-state index in [4.69, 9.17) is 0 Å². The molecule has 0 spiro atoms. The molecule has 3 aromatic rings. The Kier molecular flexibility index (Phi) is 3.55. The molecule has 0 radical (unpaired) electrons. The van der Waals surface area contributed by atoms with E-state index in [1.807, 2.05) is 56.3 Å². The molecule has 0 aliphatic carbocycles. The van der Waals surface area contributed by atoms with Crippen LogP contribution in [0.2, 0.25) is 0 Å². The van der Waals surface area contributed by atoms with Gasteiger partial charge >= 0.3 is 0 Å². The van der Waals surface area contributed by atoms with Crippen LogP contribution in [0.25, 0.3) is 10.8 Å². The second-order valence-corrected chi connectivity index (χ2v) is 5.55. The van der Waals surface area contributed by atoms with E-state index in [-0.39, 0.29) is 17.2 Å². The molecule has 3 nitrogen and oxygen atoms in total. The Morgan fingerprint density at radius 2 is 1.50 bits per heavy atom. The summed E-state index contributed by atoms with van der Waals surface area (Å²) >= 11 is 0. The highest BCUT2D eigenvalue weighted by atomic mass is 16.3. The molecular weight excluding hydrogens is 274 g/mol. The Labute approximate surface area is 129 Å². The SMILES string of the molecule is Cc1cc(C)cc(NC(=O)c2cc3ccccc3cc2O)c1. The van der Waals surface area contributed by atoms with Crippen LogP contribution in [0.3, 0.4) is 0 Å². The lowest BCUT2D eigenvalue weighted by molar-refractivity contribution is 0.102. The van der Waals surface area contributed by atoms with Gasteiger partial charge in [0.1, 0.15) is 5.75 Å². The third kappa shape index (κ3) is 2.79. The monoisotopic (exact) mass is 291 g/mol. The lowest BCUT2D eigenvalue weighted by atomic mass is 10.0. The smallest absolute Gasteiger partial charge is 0.259 e. The Morgan fingerprint density at radius 3 is 2.14 bits per heavy atom. The van der Waals surface area contributed by atoms with E-state index in [9.17, 15) is 9.90 Å². The van der Waals surface area contributed by atoms with Crippen molar-refractivity contribution in [2.45, 2.75) is 13.8 Å². The first-order valence-electron chi connectivity index (χ1n) is 7.14. The Bertz CT molecular complexity index is 848. The van der Waals surface area contributed by atoms with Gasteiger partial charge in [0.25, 0.3) is 5.91 Å². The number of carbonyl (C=O) groups is 1. The fraction of sp³-hybridized carbons (Fsp3) is 0.105. The first-order chi connectivity index (χ1) is 10.5. The molecule has 0 atom stereocenters. The Morgan fingerprint density at radius 1 is 0.909 bits per heavy atom. The van der Waals surface area contributed by atoms with Gasteiger partial charge in [-0.15, -0.1) is 0 Å². The molecule has 0 aliphatic rings. The predicted molar refractivity (Wildman–Crippen MR) is 89.5 cm³/mol. The van der Waals surface area contributed by atoms with Gasteiger partial charge in [-0.3, -0.25) is 4.79 Å². The van der Waals surface area contributed by atoms with E-state index in [0.717, 1.165) is 27.6 Å². The second kappa shape index (κ2) is 5.53. The number of hydrogen-bond donors (Lipinski definition) is 2. The van der Waals surface area contributed by atoms with Gasteiger partial charge in [0.2, 0.25) is 0 Å². The van der Waals surface area contributed by atoms with E-state index >= 15 is 0 Å². The van der Waals surface area contributed by atoms with Crippen LogP contribution in [-0.4, -0.2) is 11.0 Å². The van der Waals surface area contributed by atoms with Gasteiger partial charge in [-0.05, 0) is 60.0 Å². The summed E-state index contributed by atoms with van der Waals surface area (Å²) in [6.45, 7) is 3.96. The summed E-state index contributed by atoms with van der Waals surface area (Å²) in [6.07, 6.45) is 0. The van der Waals surface area contributed by atoms with E-state index in [1.54, 1.807) is 12.1 Å². The van der Waals surface area contributed by atoms with Crippen LogP contribution in [0.4, 0.5) is 5.69 Å². The van der Waals surface area contributed by atoms with Crippen molar-refractivity contribution in [2.75, 3.05) is 5.32 Å². The summed E-state index contributed by atoms with van der Waals surface area (Å²) in [7, 11) is 0. The van der Waals surface area contributed by atoms with Gasteiger partial charge in [0, 0.05) is 5.69 Å². The van der Waals surface area contributed by atoms with Crippen molar-refractivity contribution in [1.82, 2.24) is 0 Å². The fourth-order valence-corrected chi connectivity index (χ4v) is 2.66. The molecule has 0 aromatic heterocycles. The molecule has 0 unspecified atom stereocenters. The maximum Gasteiger partial charge on any atom is 0.259 e. The van der Waals surface area contributed by atoms with Crippen molar-refractivity contribution < 1.29 is 9.90 Å². The Hall–Kier alpha value is -2.81. The number of rotatable bonds is 2. The van der Waals surface area contributed by atoms with Gasteiger partial charge < -0.3 is 10.4 Å². The van der Waals surface area contributed by atoms with Gasteiger partial charge in [0.15, 0.2) is 0 Å². The molecule has 110 valence electrons. The van der Waals surface area contributed by atoms with Crippen molar-refractivity contribution in [3.8, 4) is 5.75 Å². The topological polar surface area (TPSA) is 49.3 Å². The highest BCUT2D eigenvalue weighted by molar-refractivity contribution is 6.08. The number of fused-ring (bicyclic) bond motifs is 1. The fourth-order valence-electron chi connectivity index (χ4n) is 2.66. The molecule has 0 saturated carbocycles. The predicted octanol–water partition coefficient (Wildman–Crippen LogP) is 4.41. The molecule has 0 fully saturated rings. The maximum absolute atomic E-state index is 12.4. The largest absolute Gasteiger partial charge is 0.507 e. The number of phenols is 1. The van der Waals surface area contributed by atoms with Crippen molar-refractivity contribution in [2.24, 2.45) is 0 Å². The first-order valence-corrected chi connectivity index (χ1v) is 7.14. The number of hydrogen-bond acceptors (Lipinski definition) is 2. The molecule has 0 aliphatic heterocycles. The molecule has 3 heteroatoms. The van der Waals surface area contributed by atoms with Crippen LogP contribution in [0, 0.1) is 13.8 Å². The van der Waals surface area contributed by atoms with E-state index in [2.05, 4.69) is 5.32 Å². The van der Waals surface area contributed by atoms with Crippen LogP contribution in [-0.2, 0) is 0 Å². The van der Waals surface area contributed by atoms with E-state index < -0.39 is 0 Å². The average Bonchev–Trinajstić information content (AvgIpc) is 2.45. The van der Waals surface area contributed by atoms with Crippen molar-refractivity contribution in [3.05, 3.63) is 71.3 Å². The minimum atomic E-state index is -0.312. The maximum atomic E-state index is 12.4. The summed E-state index contributed by atoms with van der Waals surface area (Å²) in [5, 5.41) is 14.8. The zero-order valence-corrected chi connectivity index (χ0v) is 12.6. The quantitative estimate of drug-likeness (QED) is 0.734. The summed E-state index contributed by atoms with van der Waals surface area (Å²) in [5.74, 6) is -0.325. The van der Waals surface area contributed by atoms with Crippen LogP contribution >= 0.6 is 0 Å². The van der Waals surface area contributed by atoms with E-state index in [0.29, 0.717) is 0 Å². The highest BCUT2D eigenvalue weighted by Crippen LogP contribution is 2.26. The molecular formula is C19H17NO2. The normalized spacial score (nSPS) is 10.6. The number of aryl methyl sites for hydroxylation is 2. The van der Waals surface area contributed by atoms with Crippen LogP contribution in [0.5, 0.6) is 5.75 Å². The number of phenolic OH excluding ortho intramolecular Hbond substituents is 1. The lowest BCUT2D eigenvalue weighted by Crippen LogP contribution is -2.12. The third-order valence-electron chi connectivity index (χ3n) is 3.59. The third-order valence-corrected chi connectivity index (χ3v) is 3.59. The molecule has 3 rings (SSSR count). The minimum Gasteiger partial charge on any atom is -0.507 e. The van der Waals surface area contributed by atoms with Gasteiger partial charge in [-0.1, -0.05) is 30.3 Å². The van der Waals surface area contributed by atoms with Crippen LogP contribution in [0.1, 0.15) is 21.5 Å². The number of anilines is 1. The highest BCUT2D eigenvalue weighted by Gasteiger charge is 2.13. The second-order valence-electron chi connectivity index (χ2n) is 5.55. The zero-order valence-electron chi connectivity index (χ0n) is 12.6. The van der Waals surface area contributed by atoms with E-state index in [1.165, 1.54) is 0 Å². The molecule has 22 heavy (non-hydrogen) atoms.